The van der Waals surface area contributed by atoms with Gasteiger partial charge in [0.15, 0.2) is 0 Å². The second kappa shape index (κ2) is 11.4. The molecule has 1 unspecified atom stereocenters. The molecular formula is C17H26FNO. The van der Waals surface area contributed by atoms with Gasteiger partial charge >= 0.3 is 0 Å². The summed E-state index contributed by atoms with van der Waals surface area (Å²) < 4.78 is 13.4. The molecule has 20 heavy (non-hydrogen) atoms. The Morgan fingerprint density at radius 1 is 1.45 bits per heavy atom. The second-order valence-electron chi connectivity index (χ2n) is 4.66. The van der Waals surface area contributed by atoms with Crippen LogP contribution in [0.15, 0.2) is 41.9 Å². The molecule has 1 N–H and O–H groups in total. The summed E-state index contributed by atoms with van der Waals surface area (Å²) in [5, 5.41) is 3.21. The van der Waals surface area contributed by atoms with E-state index in [2.05, 4.69) is 17.6 Å². The fraction of sp³-hybridized carbons (Fsp3) is 0.529. The van der Waals surface area contributed by atoms with Gasteiger partial charge in [0.1, 0.15) is 11.6 Å². The molecule has 112 valence electrons. The molecule has 0 aliphatic carbocycles. The van der Waals surface area contributed by atoms with Crippen molar-refractivity contribution in [3.8, 4) is 0 Å². The highest BCUT2D eigenvalue weighted by Crippen LogP contribution is 2.18. The molecule has 0 aromatic rings. The predicted octanol–water partition coefficient (Wildman–Crippen LogP) is 4.11. The molecule has 0 aromatic heterocycles. The molecule has 0 rings (SSSR count). The van der Waals surface area contributed by atoms with Crippen LogP contribution in [-0.2, 0) is 4.79 Å². The summed E-state index contributed by atoms with van der Waals surface area (Å²) in [5.41, 5.74) is 3.20. The molecule has 0 amide bonds. The lowest BCUT2D eigenvalue weighted by Gasteiger charge is -2.14. The van der Waals surface area contributed by atoms with Gasteiger partial charge in [0.2, 0.25) is 0 Å². The zero-order valence-corrected chi connectivity index (χ0v) is 12.8. The number of hydrogen-bond acceptors (Lipinski definition) is 2. The van der Waals surface area contributed by atoms with Crippen LogP contribution in [0.25, 0.3) is 0 Å². The Hall–Kier alpha value is -1.44. The molecule has 0 radical (unpaired) electrons. The van der Waals surface area contributed by atoms with Crippen molar-refractivity contribution < 1.29 is 9.18 Å². The smallest absolute Gasteiger partial charge is 0.140 e. The van der Waals surface area contributed by atoms with Crippen molar-refractivity contribution in [3.63, 3.8) is 0 Å². The van der Waals surface area contributed by atoms with Crippen LogP contribution in [-0.4, -0.2) is 18.9 Å². The molecule has 2 nitrogen and oxygen atoms in total. The lowest BCUT2D eigenvalue weighted by molar-refractivity contribution is -0.122. The normalized spacial score (nSPS) is 13.0. The maximum absolute atomic E-state index is 13.4. The third kappa shape index (κ3) is 7.88. The van der Waals surface area contributed by atoms with Crippen LogP contribution < -0.4 is 5.32 Å². The first-order valence-electron chi connectivity index (χ1n) is 7.18. The first-order chi connectivity index (χ1) is 9.56. The number of allylic oxidation sites excluding steroid dienone is 4. The molecule has 0 fully saturated rings. The molecule has 0 bridgehead atoms. The van der Waals surface area contributed by atoms with E-state index in [9.17, 15) is 9.18 Å². The summed E-state index contributed by atoms with van der Waals surface area (Å²) in [6, 6.07) is 0. The lowest BCUT2D eigenvalue weighted by atomic mass is 9.92. The fourth-order valence-corrected chi connectivity index (χ4v) is 1.87. The standard InChI is InChI=1S/C17H26FNO/c1-5-8-9-10-16(14(4)18)13-17(20)15(6-2)11-12-19-7-3/h5,8,10,15,19H,1,6-7,11-13H2,2-4H3/b16-14-. The van der Waals surface area contributed by atoms with Gasteiger partial charge in [0, 0.05) is 12.3 Å². The van der Waals surface area contributed by atoms with E-state index < -0.39 is 0 Å². The number of Topliss-reactive ketones (excluding diaryl/α,β-unsaturated/α-hetero) is 1. The topological polar surface area (TPSA) is 29.1 Å². The third-order valence-electron chi connectivity index (χ3n) is 3.15. The SMILES string of the molecule is C=CC=C=C/C(CC(=O)C(CC)CCNCC)=C(\C)F. The van der Waals surface area contributed by atoms with E-state index in [0.29, 0.717) is 5.57 Å². The predicted molar refractivity (Wildman–Crippen MR) is 83.2 cm³/mol. The zero-order valence-electron chi connectivity index (χ0n) is 12.8. The number of rotatable bonds is 10. The maximum Gasteiger partial charge on any atom is 0.140 e. The van der Waals surface area contributed by atoms with Gasteiger partial charge in [-0.2, -0.15) is 0 Å². The van der Waals surface area contributed by atoms with Crippen molar-refractivity contribution in [2.45, 2.75) is 40.0 Å². The Labute approximate surface area is 122 Å². The van der Waals surface area contributed by atoms with Crippen LogP contribution in [0, 0.1) is 5.92 Å². The molecule has 1 atom stereocenters. The van der Waals surface area contributed by atoms with Crippen LogP contribution in [0.5, 0.6) is 0 Å². The molecule has 3 heteroatoms. The van der Waals surface area contributed by atoms with Crippen LogP contribution in [0.3, 0.4) is 0 Å². The number of carbonyl (C=O) groups is 1. The molecule has 0 aliphatic rings. The van der Waals surface area contributed by atoms with E-state index in [0.717, 1.165) is 25.9 Å². The van der Waals surface area contributed by atoms with Crippen molar-refractivity contribution in [2.24, 2.45) is 5.92 Å². The Morgan fingerprint density at radius 3 is 2.65 bits per heavy atom. The van der Waals surface area contributed by atoms with E-state index in [1.165, 1.54) is 13.0 Å². The Morgan fingerprint density at radius 2 is 2.15 bits per heavy atom. The van der Waals surface area contributed by atoms with Crippen molar-refractivity contribution in [1.82, 2.24) is 5.32 Å². The third-order valence-corrected chi connectivity index (χ3v) is 3.15. The van der Waals surface area contributed by atoms with Crippen molar-refractivity contribution in [1.29, 1.82) is 0 Å². The summed E-state index contributed by atoms with van der Waals surface area (Å²) in [4.78, 5) is 12.2. The highest BCUT2D eigenvalue weighted by Gasteiger charge is 2.17. The Kier molecular flexibility index (Phi) is 10.6. The fourth-order valence-electron chi connectivity index (χ4n) is 1.87. The molecule has 0 saturated carbocycles. The molecule has 0 saturated heterocycles. The summed E-state index contributed by atoms with van der Waals surface area (Å²) >= 11 is 0. The van der Waals surface area contributed by atoms with Gasteiger partial charge in [0.25, 0.3) is 0 Å². The summed E-state index contributed by atoms with van der Waals surface area (Å²) in [6.07, 6.45) is 6.39. The second-order valence-corrected chi connectivity index (χ2v) is 4.66. The maximum atomic E-state index is 13.4. The number of nitrogens with one attached hydrogen (secondary N) is 1. The van der Waals surface area contributed by atoms with E-state index in [1.54, 1.807) is 12.2 Å². The first-order valence-corrected chi connectivity index (χ1v) is 7.18. The summed E-state index contributed by atoms with van der Waals surface area (Å²) in [5.74, 6) is -0.251. The average Bonchev–Trinajstić information content (AvgIpc) is 2.42. The zero-order chi connectivity index (χ0) is 15.4. The highest BCUT2D eigenvalue weighted by atomic mass is 19.1. The van der Waals surface area contributed by atoms with Gasteiger partial charge in [-0.15, -0.1) is 5.73 Å². The van der Waals surface area contributed by atoms with Crippen LogP contribution in [0.1, 0.15) is 40.0 Å². The van der Waals surface area contributed by atoms with E-state index in [-0.39, 0.29) is 23.9 Å². The van der Waals surface area contributed by atoms with Gasteiger partial charge < -0.3 is 5.32 Å². The number of carbonyl (C=O) groups excluding carboxylic acids is 1. The van der Waals surface area contributed by atoms with Crippen molar-refractivity contribution in [2.75, 3.05) is 13.1 Å². The summed E-state index contributed by atoms with van der Waals surface area (Å²) in [6.45, 7) is 10.6. The molecule has 0 heterocycles. The molecule has 0 spiro atoms. The van der Waals surface area contributed by atoms with Gasteiger partial charge in [-0.3, -0.25) is 4.79 Å². The lowest BCUT2D eigenvalue weighted by Crippen LogP contribution is -2.22. The van der Waals surface area contributed by atoms with Crippen molar-refractivity contribution >= 4 is 5.78 Å². The van der Waals surface area contributed by atoms with Crippen molar-refractivity contribution in [3.05, 3.63) is 41.9 Å². The first kappa shape index (κ1) is 18.6. The van der Waals surface area contributed by atoms with E-state index in [1.807, 2.05) is 13.8 Å². The number of ketones is 1. The van der Waals surface area contributed by atoms with Crippen LogP contribution >= 0.6 is 0 Å². The summed E-state index contributed by atoms with van der Waals surface area (Å²) in [7, 11) is 0. The van der Waals surface area contributed by atoms with Crippen LogP contribution in [0.4, 0.5) is 4.39 Å². The van der Waals surface area contributed by atoms with Gasteiger partial charge in [-0.25, -0.2) is 4.39 Å². The van der Waals surface area contributed by atoms with Gasteiger partial charge in [-0.05, 0) is 50.6 Å². The number of halogens is 1. The molecule has 0 aliphatic heterocycles. The largest absolute Gasteiger partial charge is 0.317 e. The molecular weight excluding hydrogens is 253 g/mol. The van der Waals surface area contributed by atoms with E-state index >= 15 is 0 Å². The van der Waals surface area contributed by atoms with Gasteiger partial charge in [0.05, 0.1) is 0 Å². The minimum atomic E-state index is -0.329. The van der Waals surface area contributed by atoms with E-state index in [4.69, 9.17) is 0 Å². The molecule has 0 aromatic carbocycles. The monoisotopic (exact) mass is 279 g/mol. The minimum Gasteiger partial charge on any atom is -0.317 e. The van der Waals surface area contributed by atoms with Gasteiger partial charge in [-0.1, -0.05) is 26.5 Å². The average molecular weight is 279 g/mol. The Balaban J connectivity index is 4.70. The number of hydrogen-bond donors (Lipinski definition) is 1. The van der Waals surface area contributed by atoms with Crippen LogP contribution in [0.2, 0.25) is 0 Å². The quantitative estimate of drug-likeness (QED) is 0.370. The minimum absolute atomic E-state index is 0.0137. The highest BCUT2D eigenvalue weighted by molar-refractivity contribution is 5.83. The Bertz CT molecular complexity index is 399.